The highest BCUT2D eigenvalue weighted by atomic mass is 19.1. The molecule has 29 heavy (non-hydrogen) atoms. The molecule has 2 atom stereocenters. The van der Waals surface area contributed by atoms with Crippen LogP contribution < -0.4 is 10.2 Å². The molecule has 1 saturated heterocycles. The minimum Gasteiger partial charge on any atom is -0.378 e. The van der Waals surface area contributed by atoms with E-state index in [0.717, 1.165) is 37.4 Å². The van der Waals surface area contributed by atoms with Crippen molar-refractivity contribution in [2.24, 2.45) is 0 Å². The van der Waals surface area contributed by atoms with Crippen LogP contribution >= 0.6 is 0 Å². The topological polar surface area (TPSA) is 44.8 Å². The van der Waals surface area contributed by atoms with Crippen molar-refractivity contribution in [1.82, 2.24) is 10.2 Å². The van der Waals surface area contributed by atoms with E-state index in [1.807, 2.05) is 20.8 Å². The normalized spacial score (nSPS) is 16.2. The minimum atomic E-state index is -0.275. The molecule has 1 aliphatic rings. The van der Waals surface area contributed by atoms with Gasteiger partial charge in [-0.15, -0.1) is 0 Å². The molecular formula is C23H30FN3O2. The molecule has 1 fully saturated rings. The molecule has 0 aromatic heterocycles. The van der Waals surface area contributed by atoms with Gasteiger partial charge in [0.05, 0.1) is 25.3 Å². The van der Waals surface area contributed by atoms with Crippen LogP contribution in [0, 0.1) is 5.82 Å². The third-order valence-electron chi connectivity index (χ3n) is 5.53. The van der Waals surface area contributed by atoms with E-state index in [1.54, 1.807) is 17.0 Å². The summed E-state index contributed by atoms with van der Waals surface area (Å²) in [5.41, 5.74) is 3.14. The number of anilines is 1. The maximum Gasteiger partial charge on any atom is 0.318 e. The Balaban J connectivity index is 1.62. The van der Waals surface area contributed by atoms with Crippen LogP contribution in [0.3, 0.4) is 0 Å². The second-order valence-corrected chi connectivity index (χ2v) is 7.38. The van der Waals surface area contributed by atoms with E-state index < -0.39 is 0 Å². The van der Waals surface area contributed by atoms with Crippen molar-refractivity contribution in [3.8, 4) is 0 Å². The lowest BCUT2D eigenvalue weighted by Gasteiger charge is -2.31. The number of hydrogen-bond donors (Lipinski definition) is 1. The van der Waals surface area contributed by atoms with Gasteiger partial charge in [0.2, 0.25) is 0 Å². The third-order valence-corrected chi connectivity index (χ3v) is 5.53. The molecule has 0 saturated carbocycles. The Bertz CT molecular complexity index is 789. The zero-order valence-electron chi connectivity index (χ0n) is 17.4. The van der Waals surface area contributed by atoms with Crippen LogP contribution in [0.2, 0.25) is 0 Å². The van der Waals surface area contributed by atoms with Crippen LogP contribution in [0.15, 0.2) is 48.5 Å². The Labute approximate surface area is 172 Å². The number of benzene rings is 2. The number of carbonyl (C=O) groups is 1. The predicted molar refractivity (Wildman–Crippen MR) is 114 cm³/mol. The first-order valence-electron chi connectivity index (χ1n) is 10.2. The Morgan fingerprint density at radius 1 is 1.07 bits per heavy atom. The highest BCUT2D eigenvalue weighted by Gasteiger charge is 2.22. The summed E-state index contributed by atoms with van der Waals surface area (Å²) in [5.74, 6) is -0.275. The van der Waals surface area contributed by atoms with Gasteiger partial charge in [-0.25, -0.2) is 9.18 Å². The maximum absolute atomic E-state index is 13.2. The van der Waals surface area contributed by atoms with Crippen LogP contribution in [-0.2, 0) is 4.74 Å². The van der Waals surface area contributed by atoms with E-state index in [9.17, 15) is 9.18 Å². The molecule has 2 amide bonds. The van der Waals surface area contributed by atoms with Gasteiger partial charge in [0, 0.05) is 25.3 Å². The molecule has 2 unspecified atom stereocenters. The van der Waals surface area contributed by atoms with Gasteiger partial charge in [-0.1, -0.05) is 24.3 Å². The number of hydrogen-bond acceptors (Lipinski definition) is 3. The molecule has 0 spiro atoms. The van der Waals surface area contributed by atoms with Crippen molar-refractivity contribution < 1.29 is 13.9 Å². The minimum absolute atomic E-state index is 0.115. The van der Waals surface area contributed by atoms with Gasteiger partial charge in [-0.3, -0.25) is 0 Å². The van der Waals surface area contributed by atoms with Gasteiger partial charge in [0.25, 0.3) is 0 Å². The van der Waals surface area contributed by atoms with Gasteiger partial charge in [0.15, 0.2) is 0 Å². The first-order chi connectivity index (χ1) is 14.0. The number of halogens is 1. The fraction of sp³-hybridized carbons (Fsp3) is 0.435. The smallest absolute Gasteiger partial charge is 0.318 e. The number of morpholine rings is 1. The van der Waals surface area contributed by atoms with Gasteiger partial charge < -0.3 is 19.9 Å². The Morgan fingerprint density at radius 3 is 2.24 bits per heavy atom. The van der Waals surface area contributed by atoms with Crippen molar-refractivity contribution in [2.75, 3.05) is 37.7 Å². The highest BCUT2D eigenvalue weighted by Crippen LogP contribution is 2.23. The van der Waals surface area contributed by atoms with Gasteiger partial charge >= 0.3 is 6.03 Å². The summed E-state index contributed by atoms with van der Waals surface area (Å²) in [4.78, 5) is 16.9. The van der Waals surface area contributed by atoms with Crippen LogP contribution in [0.4, 0.5) is 14.9 Å². The molecule has 0 radical (unpaired) electrons. The van der Waals surface area contributed by atoms with E-state index in [2.05, 4.69) is 34.5 Å². The second-order valence-electron chi connectivity index (χ2n) is 7.38. The Kier molecular flexibility index (Phi) is 7.09. The highest BCUT2D eigenvalue weighted by molar-refractivity contribution is 5.75. The van der Waals surface area contributed by atoms with Gasteiger partial charge in [0.1, 0.15) is 5.82 Å². The SMILES string of the molecule is CCN(C(=O)NC(C)c1ccc(N2CCOCC2)cc1)C(C)c1ccc(F)cc1. The number of nitrogens with zero attached hydrogens (tertiary/aromatic N) is 2. The summed E-state index contributed by atoms with van der Waals surface area (Å²) in [7, 11) is 0. The molecular weight excluding hydrogens is 369 g/mol. The summed E-state index contributed by atoms with van der Waals surface area (Å²) < 4.78 is 18.6. The molecule has 5 nitrogen and oxygen atoms in total. The maximum atomic E-state index is 13.2. The second kappa shape index (κ2) is 9.74. The van der Waals surface area contributed by atoms with Crippen LogP contribution in [-0.4, -0.2) is 43.8 Å². The van der Waals surface area contributed by atoms with Crippen LogP contribution in [0.25, 0.3) is 0 Å². The number of amides is 2. The first-order valence-corrected chi connectivity index (χ1v) is 10.2. The van der Waals surface area contributed by atoms with Crippen molar-refractivity contribution in [2.45, 2.75) is 32.9 Å². The van der Waals surface area contributed by atoms with Crippen molar-refractivity contribution in [3.63, 3.8) is 0 Å². The van der Waals surface area contributed by atoms with Gasteiger partial charge in [-0.05, 0) is 56.2 Å². The molecule has 2 aromatic carbocycles. The Morgan fingerprint density at radius 2 is 1.66 bits per heavy atom. The van der Waals surface area contributed by atoms with Crippen molar-refractivity contribution in [3.05, 3.63) is 65.5 Å². The van der Waals surface area contributed by atoms with Crippen molar-refractivity contribution >= 4 is 11.7 Å². The molecule has 6 heteroatoms. The molecule has 1 aliphatic heterocycles. The standard InChI is InChI=1S/C23H30FN3O2/c1-4-27(18(3)20-5-9-21(24)10-6-20)23(28)25-17(2)19-7-11-22(12-8-19)26-13-15-29-16-14-26/h5-12,17-18H,4,13-16H2,1-3H3,(H,25,28). The predicted octanol–water partition coefficient (Wildman–Crippen LogP) is 4.52. The molecule has 1 N–H and O–H groups in total. The lowest BCUT2D eigenvalue weighted by molar-refractivity contribution is 0.122. The largest absolute Gasteiger partial charge is 0.378 e. The molecule has 0 aliphatic carbocycles. The number of carbonyl (C=O) groups excluding carboxylic acids is 1. The summed E-state index contributed by atoms with van der Waals surface area (Å²) in [6.45, 7) is 9.77. The van der Waals surface area contributed by atoms with E-state index >= 15 is 0 Å². The lowest BCUT2D eigenvalue weighted by Crippen LogP contribution is -2.42. The average Bonchev–Trinajstić information content (AvgIpc) is 2.75. The van der Waals surface area contributed by atoms with Gasteiger partial charge in [-0.2, -0.15) is 0 Å². The summed E-state index contributed by atoms with van der Waals surface area (Å²) in [6.07, 6.45) is 0. The number of urea groups is 1. The number of nitrogens with one attached hydrogen (secondary N) is 1. The van der Waals surface area contributed by atoms with E-state index in [-0.39, 0.29) is 23.9 Å². The lowest BCUT2D eigenvalue weighted by atomic mass is 10.1. The molecule has 2 aromatic rings. The summed E-state index contributed by atoms with van der Waals surface area (Å²) >= 11 is 0. The quantitative estimate of drug-likeness (QED) is 0.777. The Hall–Kier alpha value is -2.60. The zero-order valence-corrected chi connectivity index (χ0v) is 17.4. The molecule has 156 valence electrons. The summed E-state index contributed by atoms with van der Waals surface area (Å²) in [5, 5.41) is 3.09. The third kappa shape index (κ3) is 5.26. The average molecular weight is 400 g/mol. The number of rotatable bonds is 6. The number of ether oxygens (including phenoxy) is 1. The van der Waals surface area contributed by atoms with Crippen molar-refractivity contribution in [1.29, 1.82) is 0 Å². The zero-order chi connectivity index (χ0) is 20.8. The monoisotopic (exact) mass is 399 g/mol. The fourth-order valence-electron chi connectivity index (χ4n) is 3.66. The molecule has 0 bridgehead atoms. The van der Waals surface area contributed by atoms with Crippen LogP contribution in [0.1, 0.15) is 44.0 Å². The van der Waals surface area contributed by atoms with E-state index in [4.69, 9.17) is 4.74 Å². The summed E-state index contributed by atoms with van der Waals surface area (Å²) in [6, 6.07) is 14.2. The van der Waals surface area contributed by atoms with Crippen LogP contribution in [0.5, 0.6) is 0 Å². The van der Waals surface area contributed by atoms with E-state index in [0.29, 0.717) is 6.54 Å². The fourth-order valence-corrected chi connectivity index (χ4v) is 3.66. The van der Waals surface area contributed by atoms with E-state index in [1.165, 1.54) is 17.8 Å². The molecule has 1 heterocycles. The molecule has 3 rings (SSSR count). The first kappa shape index (κ1) is 21.1.